The number of aromatic nitrogens is 2. The molecule has 1 N–H and O–H groups in total. The molecule has 0 aliphatic carbocycles. The van der Waals surface area contributed by atoms with Crippen LogP contribution in [0.1, 0.15) is 22.2 Å². The first kappa shape index (κ1) is 27.9. The second-order valence-electron chi connectivity index (χ2n) is 10.4. The third kappa shape index (κ3) is 6.34. The Bertz CT molecular complexity index is 1500. The number of ether oxygens (including phenoxy) is 3. The van der Waals surface area contributed by atoms with Crippen LogP contribution in [-0.2, 0) is 17.9 Å². The number of thiophene rings is 1. The number of methoxy groups -OCH3 is 1. The average Bonchev–Trinajstić information content (AvgIpc) is 3.41. The monoisotopic (exact) mass is 581 g/mol. The summed E-state index contributed by atoms with van der Waals surface area (Å²) in [7, 11) is 3.73. The molecule has 0 saturated carbocycles. The number of likely N-dealkylation sites (N-methyl/N-ethyl adjacent to an activating group) is 1. The number of hydrogen-bond donors (Lipinski definition) is 1. The summed E-state index contributed by atoms with van der Waals surface area (Å²) >= 11 is 1.68. The van der Waals surface area contributed by atoms with Gasteiger partial charge in [-0.15, -0.1) is 11.3 Å². The molecule has 8 nitrogen and oxygen atoms in total. The van der Waals surface area contributed by atoms with E-state index in [2.05, 4.69) is 28.2 Å². The van der Waals surface area contributed by atoms with Crippen LogP contribution in [0.25, 0.3) is 21.6 Å². The molecule has 0 amide bonds. The number of hydrogen-bond acceptors (Lipinski definition) is 9. The Balaban J connectivity index is 1.32. The van der Waals surface area contributed by atoms with Gasteiger partial charge in [-0.25, -0.2) is 14.4 Å². The Kier molecular flexibility index (Phi) is 8.40. The first-order valence-electron chi connectivity index (χ1n) is 13.8. The molecule has 2 aromatic heterocycles. The lowest BCUT2D eigenvalue weighted by Gasteiger charge is -2.31. The predicted molar refractivity (Wildman–Crippen MR) is 154 cm³/mol. The van der Waals surface area contributed by atoms with E-state index in [1.807, 2.05) is 12.1 Å². The molecule has 4 aromatic rings. The zero-order valence-electron chi connectivity index (χ0n) is 23.2. The molecule has 0 bridgehead atoms. The third-order valence-corrected chi connectivity index (χ3v) is 8.59. The van der Waals surface area contributed by atoms with Gasteiger partial charge in [0.2, 0.25) is 5.82 Å². The summed E-state index contributed by atoms with van der Waals surface area (Å²) in [6, 6.07) is 11.9. The van der Waals surface area contributed by atoms with E-state index < -0.39 is 11.6 Å². The van der Waals surface area contributed by atoms with E-state index in [1.165, 1.54) is 10.9 Å². The number of nitrogens with zero attached hydrogens (tertiary/aromatic N) is 4. The molecule has 2 aliphatic heterocycles. The number of benzene rings is 2. The lowest BCUT2D eigenvalue weighted by molar-refractivity contribution is 0.0261. The van der Waals surface area contributed by atoms with E-state index in [1.54, 1.807) is 30.6 Å². The van der Waals surface area contributed by atoms with E-state index in [0.717, 1.165) is 66.8 Å². The summed E-state index contributed by atoms with van der Waals surface area (Å²) in [5, 5.41) is 3.37. The van der Waals surface area contributed by atoms with Crippen LogP contribution >= 0.6 is 11.3 Å². The molecule has 11 heteroatoms. The van der Waals surface area contributed by atoms with Gasteiger partial charge in [-0.05, 0) is 42.9 Å². The number of morpholine rings is 1. The molecule has 1 unspecified atom stereocenters. The van der Waals surface area contributed by atoms with Crippen molar-refractivity contribution in [1.29, 1.82) is 0 Å². The molecule has 1 atom stereocenters. The topological polar surface area (TPSA) is 72.0 Å². The van der Waals surface area contributed by atoms with Gasteiger partial charge in [0.05, 0.1) is 29.6 Å². The van der Waals surface area contributed by atoms with Crippen LogP contribution in [0.15, 0.2) is 42.5 Å². The standard InChI is InChI=1S/C30H33F2N5O3S/c1-36-8-10-37(11-9-36)17-22-15-24-29(41-22)28(26-16-33-7-12-39-26)35-30(34-24)20-13-23(31)27(32)25(14-20)40-18-19-3-5-21(38-2)6-4-19/h3-6,13-15,26,33H,7-12,16-18H2,1-2H3. The van der Waals surface area contributed by atoms with Crippen LogP contribution in [0.5, 0.6) is 11.5 Å². The van der Waals surface area contributed by atoms with Crippen LogP contribution in [0.4, 0.5) is 8.78 Å². The van der Waals surface area contributed by atoms with Crippen molar-refractivity contribution in [2.45, 2.75) is 19.3 Å². The average molecular weight is 582 g/mol. The van der Waals surface area contributed by atoms with Gasteiger partial charge < -0.3 is 24.4 Å². The molecule has 0 radical (unpaired) electrons. The number of halogens is 2. The van der Waals surface area contributed by atoms with E-state index in [0.29, 0.717) is 30.3 Å². The summed E-state index contributed by atoms with van der Waals surface area (Å²) in [6.45, 7) is 6.97. The van der Waals surface area contributed by atoms with Crippen molar-refractivity contribution in [2.75, 3.05) is 60.0 Å². The fourth-order valence-corrected chi connectivity index (χ4v) is 6.25. The Morgan fingerprint density at radius 3 is 2.61 bits per heavy atom. The molecular weight excluding hydrogens is 548 g/mol. The van der Waals surface area contributed by atoms with Crippen molar-refractivity contribution < 1.29 is 23.0 Å². The van der Waals surface area contributed by atoms with E-state index >= 15 is 0 Å². The van der Waals surface area contributed by atoms with Crippen molar-refractivity contribution >= 4 is 21.6 Å². The van der Waals surface area contributed by atoms with Gasteiger partial charge >= 0.3 is 0 Å². The molecule has 2 saturated heterocycles. The van der Waals surface area contributed by atoms with Crippen LogP contribution in [0.2, 0.25) is 0 Å². The minimum Gasteiger partial charge on any atom is -0.497 e. The van der Waals surface area contributed by atoms with Crippen molar-refractivity contribution in [3.05, 3.63) is 70.2 Å². The number of nitrogens with one attached hydrogen (secondary N) is 1. The van der Waals surface area contributed by atoms with Gasteiger partial charge in [-0.1, -0.05) is 12.1 Å². The summed E-state index contributed by atoms with van der Waals surface area (Å²) in [5.74, 6) is -1.26. The Labute approximate surface area is 241 Å². The highest BCUT2D eigenvalue weighted by Gasteiger charge is 2.25. The van der Waals surface area contributed by atoms with Crippen LogP contribution in [0.3, 0.4) is 0 Å². The maximum atomic E-state index is 14.8. The first-order chi connectivity index (χ1) is 20.0. The summed E-state index contributed by atoms with van der Waals surface area (Å²) < 4.78 is 47.6. The van der Waals surface area contributed by atoms with E-state index in [4.69, 9.17) is 24.2 Å². The fourth-order valence-electron chi connectivity index (χ4n) is 5.07. The lowest BCUT2D eigenvalue weighted by atomic mass is 10.1. The number of rotatable bonds is 8. The molecule has 2 aromatic carbocycles. The highest BCUT2D eigenvalue weighted by molar-refractivity contribution is 7.19. The zero-order valence-corrected chi connectivity index (χ0v) is 24.0. The highest BCUT2D eigenvalue weighted by atomic mass is 32.1. The van der Waals surface area contributed by atoms with Crippen molar-refractivity contribution in [3.8, 4) is 22.9 Å². The third-order valence-electron chi connectivity index (χ3n) is 7.46. The molecule has 41 heavy (non-hydrogen) atoms. The lowest BCUT2D eigenvalue weighted by Crippen LogP contribution is -2.43. The second-order valence-corrected chi connectivity index (χ2v) is 11.5. The molecule has 2 aliphatic rings. The maximum Gasteiger partial charge on any atom is 0.200 e. The predicted octanol–water partition coefficient (Wildman–Crippen LogP) is 4.63. The first-order valence-corrected chi connectivity index (χ1v) is 14.6. The summed E-state index contributed by atoms with van der Waals surface area (Å²) in [4.78, 5) is 15.7. The van der Waals surface area contributed by atoms with Gasteiger partial charge in [0.25, 0.3) is 0 Å². The van der Waals surface area contributed by atoms with Crippen molar-refractivity contribution in [3.63, 3.8) is 0 Å². The minimum absolute atomic E-state index is 0.0662. The van der Waals surface area contributed by atoms with Gasteiger partial charge in [-0.2, -0.15) is 4.39 Å². The number of fused-ring (bicyclic) bond motifs is 1. The van der Waals surface area contributed by atoms with Crippen LogP contribution in [-0.4, -0.2) is 79.8 Å². The molecule has 0 spiro atoms. The molecule has 4 heterocycles. The fraction of sp³-hybridized carbons (Fsp3) is 0.400. The van der Waals surface area contributed by atoms with Crippen LogP contribution in [0, 0.1) is 11.6 Å². The Hall–Kier alpha value is -3.22. The number of piperazine rings is 1. The van der Waals surface area contributed by atoms with Gasteiger partial charge in [0.1, 0.15) is 18.5 Å². The largest absolute Gasteiger partial charge is 0.497 e. The zero-order chi connectivity index (χ0) is 28.3. The molecular formula is C30H33F2N5O3S. The highest BCUT2D eigenvalue weighted by Crippen LogP contribution is 2.36. The quantitative estimate of drug-likeness (QED) is 0.323. The Morgan fingerprint density at radius 1 is 1.07 bits per heavy atom. The minimum atomic E-state index is -1.05. The van der Waals surface area contributed by atoms with E-state index in [9.17, 15) is 8.78 Å². The van der Waals surface area contributed by atoms with Crippen LogP contribution < -0.4 is 14.8 Å². The van der Waals surface area contributed by atoms with Crippen molar-refractivity contribution in [2.24, 2.45) is 0 Å². The maximum absolute atomic E-state index is 14.8. The van der Waals surface area contributed by atoms with E-state index in [-0.39, 0.29) is 18.5 Å². The summed E-state index contributed by atoms with van der Waals surface area (Å²) in [6.07, 6.45) is -0.265. The van der Waals surface area contributed by atoms with Crippen molar-refractivity contribution in [1.82, 2.24) is 25.1 Å². The van der Waals surface area contributed by atoms with Gasteiger partial charge in [-0.3, -0.25) is 4.90 Å². The normalized spacial score (nSPS) is 18.6. The Morgan fingerprint density at radius 2 is 1.88 bits per heavy atom. The SMILES string of the molecule is COc1ccc(COc2cc(-c3nc(C4CNCCO4)c4sc(CN5CCN(C)CC5)cc4n3)cc(F)c2F)cc1. The smallest absolute Gasteiger partial charge is 0.200 e. The summed E-state index contributed by atoms with van der Waals surface area (Å²) in [5.41, 5.74) is 2.67. The molecule has 6 rings (SSSR count). The molecule has 216 valence electrons. The second kappa shape index (κ2) is 12.3. The van der Waals surface area contributed by atoms with Gasteiger partial charge in [0, 0.05) is 56.3 Å². The molecule has 2 fully saturated rings. The van der Waals surface area contributed by atoms with Gasteiger partial charge in [0.15, 0.2) is 17.4 Å².